The lowest BCUT2D eigenvalue weighted by Gasteiger charge is -2.26. The molecule has 11 nitrogen and oxygen atoms in total. The summed E-state index contributed by atoms with van der Waals surface area (Å²) in [6.45, 7) is 6.23. The van der Waals surface area contributed by atoms with Crippen LogP contribution in [0.4, 0.5) is 17.3 Å². The van der Waals surface area contributed by atoms with Crippen molar-refractivity contribution in [3.8, 4) is 0 Å². The molecule has 152 valence electrons. The molecule has 0 radical (unpaired) electrons. The van der Waals surface area contributed by atoms with Crippen LogP contribution in [0.5, 0.6) is 0 Å². The average Bonchev–Trinajstić information content (AvgIpc) is 2.68. The second-order valence-corrected chi connectivity index (χ2v) is 6.01. The first kappa shape index (κ1) is 21.2. The summed E-state index contributed by atoms with van der Waals surface area (Å²) in [5.74, 6) is 0.482. The molecule has 1 aliphatic rings. The third kappa shape index (κ3) is 6.54. The van der Waals surface area contributed by atoms with Crippen molar-refractivity contribution in [3.63, 3.8) is 0 Å². The predicted molar refractivity (Wildman–Crippen MR) is 100 cm³/mol. The zero-order chi connectivity index (χ0) is 19.5. The zero-order valence-corrected chi connectivity index (χ0v) is 15.9. The second kappa shape index (κ2) is 11.6. The lowest BCUT2D eigenvalue weighted by Crippen LogP contribution is -2.39. The van der Waals surface area contributed by atoms with Crippen LogP contribution < -0.4 is 10.2 Å². The molecule has 1 aliphatic heterocycles. The van der Waals surface area contributed by atoms with E-state index in [-0.39, 0.29) is 17.3 Å². The van der Waals surface area contributed by atoms with Gasteiger partial charge in [0.05, 0.1) is 31.4 Å². The Bertz CT molecular complexity index is 576. The molecule has 2 rings (SSSR count). The van der Waals surface area contributed by atoms with Crippen LogP contribution in [0.25, 0.3) is 0 Å². The van der Waals surface area contributed by atoms with Gasteiger partial charge < -0.3 is 24.4 Å². The Morgan fingerprint density at radius 3 is 2.52 bits per heavy atom. The molecule has 2 heterocycles. The summed E-state index contributed by atoms with van der Waals surface area (Å²) in [6, 6.07) is 0. The van der Waals surface area contributed by atoms with Crippen molar-refractivity contribution < 1.29 is 19.1 Å². The normalized spacial score (nSPS) is 14.9. The Morgan fingerprint density at radius 1 is 1.26 bits per heavy atom. The largest absolute Gasteiger partial charge is 0.383 e. The van der Waals surface area contributed by atoms with Crippen molar-refractivity contribution >= 4 is 17.3 Å². The second-order valence-electron chi connectivity index (χ2n) is 6.01. The average molecular weight is 384 g/mol. The highest BCUT2D eigenvalue weighted by atomic mass is 16.6. The summed E-state index contributed by atoms with van der Waals surface area (Å²) in [5, 5.41) is 14.8. The number of nitrogens with one attached hydrogen (secondary N) is 1. The molecule has 27 heavy (non-hydrogen) atoms. The molecule has 1 aromatic heterocycles. The highest BCUT2D eigenvalue weighted by molar-refractivity contribution is 5.70. The van der Waals surface area contributed by atoms with Gasteiger partial charge in [0.2, 0.25) is 11.6 Å². The monoisotopic (exact) mass is 384 g/mol. The number of anilines is 2. The molecule has 1 N–H and O–H groups in total. The number of morpholine rings is 1. The fraction of sp³-hybridized carbons (Fsp3) is 0.750. The van der Waals surface area contributed by atoms with Crippen LogP contribution in [0.3, 0.4) is 0 Å². The maximum atomic E-state index is 11.7. The topological polar surface area (TPSA) is 115 Å². The SMILES string of the molecule is COCCN(CCOC)c1ncnc(NCCN2CCOCC2)c1[N+](=O)[O-]. The van der Waals surface area contributed by atoms with Crippen molar-refractivity contribution in [2.75, 3.05) is 90.1 Å². The van der Waals surface area contributed by atoms with Crippen LogP contribution in [0, 0.1) is 10.1 Å². The van der Waals surface area contributed by atoms with Gasteiger partial charge in [-0.2, -0.15) is 0 Å². The third-order valence-electron chi connectivity index (χ3n) is 4.24. The van der Waals surface area contributed by atoms with E-state index in [0.717, 1.165) is 19.6 Å². The van der Waals surface area contributed by atoms with Gasteiger partial charge in [-0.1, -0.05) is 0 Å². The van der Waals surface area contributed by atoms with Gasteiger partial charge in [-0.3, -0.25) is 15.0 Å². The minimum atomic E-state index is -0.445. The number of aromatic nitrogens is 2. The molecule has 1 saturated heterocycles. The number of hydrogen-bond acceptors (Lipinski definition) is 10. The van der Waals surface area contributed by atoms with Gasteiger partial charge in [0.25, 0.3) is 0 Å². The van der Waals surface area contributed by atoms with Crippen molar-refractivity contribution in [3.05, 3.63) is 16.4 Å². The molecule has 0 spiro atoms. The van der Waals surface area contributed by atoms with Gasteiger partial charge in [-0.25, -0.2) is 9.97 Å². The van der Waals surface area contributed by atoms with Crippen LogP contribution in [-0.4, -0.2) is 99.7 Å². The maximum absolute atomic E-state index is 11.7. The van der Waals surface area contributed by atoms with Crippen molar-refractivity contribution in [1.82, 2.24) is 14.9 Å². The Hall–Kier alpha value is -2.08. The Morgan fingerprint density at radius 2 is 1.93 bits per heavy atom. The highest BCUT2D eigenvalue weighted by Gasteiger charge is 2.27. The smallest absolute Gasteiger partial charge is 0.353 e. The number of nitro groups is 1. The van der Waals surface area contributed by atoms with E-state index in [0.29, 0.717) is 46.1 Å². The van der Waals surface area contributed by atoms with Gasteiger partial charge in [0, 0.05) is 53.5 Å². The van der Waals surface area contributed by atoms with Crippen molar-refractivity contribution in [1.29, 1.82) is 0 Å². The Balaban J connectivity index is 2.11. The fourth-order valence-corrected chi connectivity index (χ4v) is 2.78. The summed E-state index contributed by atoms with van der Waals surface area (Å²) in [4.78, 5) is 23.6. The molecule has 1 fully saturated rings. The van der Waals surface area contributed by atoms with E-state index in [9.17, 15) is 10.1 Å². The highest BCUT2D eigenvalue weighted by Crippen LogP contribution is 2.31. The maximum Gasteiger partial charge on any atom is 0.353 e. The fourth-order valence-electron chi connectivity index (χ4n) is 2.78. The molecule has 0 unspecified atom stereocenters. The van der Waals surface area contributed by atoms with Gasteiger partial charge in [-0.05, 0) is 0 Å². The van der Waals surface area contributed by atoms with E-state index in [4.69, 9.17) is 14.2 Å². The van der Waals surface area contributed by atoms with Crippen molar-refractivity contribution in [2.45, 2.75) is 0 Å². The Kier molecular flexibility index (Phi) is 9.11. The van der Waals surface area contributed by atoms with Crippen LogP contribution in [0.15, 0.2) is 6.33 Å². The first-order valence-corrected chi connectivity index (χ1v) is 8.93. The minimum absolute atomic E-state index is 0.133. The number of methoxy groups -OCH3 is 2. The summed E-state index contributed by atoms with van der Waals surface area (Å²) >= 11 is 0. The van der Waals surface area contributed by atoms with Gasteiger partial charge in [-0.15, -0.1) is 0 Å². The van der Waals surface area contributed by atoms with E-state index in [1.807, 2.05) is 0 Å². The Labute approximate surface area is 158 Å². The van der Waals surface area contributed by atoms with E-state index in [2.05, 4.69) is 20.2 Å². The van der Waals surface area contributed by atoms with Gasteiger partial charge in [0.1, 0.15) is 6.33 Å². The lowest BCUT2D eigenvalue weighted by molar-refractivity contribution is -0.383. The molecule has 1 aromatic rings. The molecule has 0 amide bonds. The first-order chi connectivity index (χ1) is 13.2. The molecular weight excluding hydrogens is 356 g/mol. The van der Waals surface area contributed by atoms with Crippen LogP contribution in [0.2, 0.25) is 0 Å². The molecule has 11 heteroatoms. The quantitative estimate of drug-likeness (QED) is 0.396. The summed E-state index contributed by atoms with van der Waals surface area (Å²) < 4.78 is 15.5. The van der Waals surface area contributed by atoms with Gasteiger partial charge in [0.15, 0.2) is 0 Å². The van der Waals surface area contributed by atoms with E-state index in [1.54, 1.807) is 19.1 Å². The van der Waals surface area contributed by atoms with Gasteiger partial charge >= 0.3 is 5.69 Å². The lowest BCUT2D eigenvalue weighted by atomic mass is 10.3. The molecule has 0 atom stereocenters. The number of ether oxygens (including phenoxy) is 3. The number of rotatable bonds is 12. The van der Waals surface area contributed by atoms with Crippen LogP contribution >= 0.6 is 0 Å². The third-order valence-corrected chi connectivity index (χ3v) is 4.24. The first-order valence-electron chi connectivity index (χ1n) is 8.93. The number of nitrogens with zero attached hydrogens (tertiary/aromatic N) is 5. The standard InChI is InChI=1S/C16H28N6O5/c1-25-9-7-21(8-10-26-2)16-14(22(23)24)15(18-13-19-16)17-3-4-20-5-11-27-12-6-20/h13H,3-12H2,1-2H3,(H,17,18,19). The minimum Gasteiger partial charge on any atom is -0.383 e. The van der Waals surface area contributed by atoms with Crippen molar-refractivity contribution in [2.24, 2.45) is 0 Å². The predicted octanol–water partition coefficient (Wildman–Crippen LogP) is 0.228. The van der Waals surface area contributed by atoms with E-state index >= 15 is 0 Å². The number of hydrogen-bond donors (Lipinski definition) is 1. The molecule has 0 aromatic carbocycles. The molecule has 0 aliphatic carbocycles. The molecule has 0 bridgehead atoms. The van der Waals surface area contributed by atoms with Crippen LogP contribution in [0.1, 0.15) is 0 Å². The summed E-state index contributed by atoms with van der Waals surface area (Å²) in [6.07, 6.45) is 1.34. The molecular formula is C16H28N6O5. The summed E-state index contributed by atoms with van der Waals surface area (Å²) in [7, 11) is 3.17. The van der Waals surface area contributed by atoms with E-state index < -0.39 is 4.92 Å². The summed E-state index contributed by atoms with van der Waals surface area (Å²) in [5.41, 5.74) is -0.133. The zero-order valence-electron chi connectivity index (χ0n) is 15.9. The van der Waals surface area contributed by atoms with E-state index in [1.165, 1.54) is 6.33 Å². The molecule has 0 saturated carbocycles. The van der Waals surface area contributed by atoms with Crippen LogP contribution in [-0.2, 0) is 14.2 Å².